The zero-order valence-electron chi connectivity index (χ0n) is 16.6. The minimum Gasteiger partial charge on any atom is -0.483 e. The van der Waals surface area contributed by atoms with Gasteiger partial charge < -0.3 is 15.0 Å². The third-order valence-corrected chi connectivity index (χ3v) is 5.12. The van der Waals surface area contributed by atoms with E-state index in [1.165, 1.54) is 0 Å². The van der Waals surface area contributed by atoms with Crippen molar-refractivity contribution < 1.29 is 14.3 Å². The molecule has 1 aliphatic heterocycles. The van der Waals surface area contributed by atoms with Crippen LogP contribution in [-0.2, 0) is 11.2 Å². The van der Waals surface area contributed by atoms with Crippen LogP contribution in [0.3, 0.4) is 0 Å². The molecule has 0 aliphatic carbocycles. The topological polar surface area (TPSA) is 58.6 Å². The number of likely N-dealkylation sites (tertiary alicyclic amines) is 1. The van der Waals surface area contributed by atoms with Crippen LogP contribution in [0.1, 0.15) is 41.3 Å². The number of ether oxygens (including phenoxy) is 1. The van der Waals surface area contributed by atoms with Gasteiger partial charge in [0.1, 0.15) is 5.75 Å². The fourth-order valence-electron chi connectivity index (χ4n) is 3.54. The van der Waals surface area contributed by atoms with Crippen molar-refractivity contribution in [3.63, 3.8) is 0 Å². The summed E-state index contributed by atoms with van der Waals surface area (Å²) < 4.78 is 5.68. The number of carbonyl (C=O) groups is 2. The molecule has 0 bridgehead atoms. The minimum atomic E-state index is -0.116. The molecule has 1 aliphatic rings. The standard InChI is InChI=1S/C23H28N2O3/c1-3-18-8-4-5-10-21(18)28-16-22(26)24-20-11-13-25(14-12-20)23(27)19-9-6-7-17(2)15-19/h4-10,15,20H,3,11-14,16H2,1-2H3,(H,24,26). The van der Waals surface area contributed by atoms with Gasteiger partial charge in [0.15, 0.2) is 6.61 Å². The maximum atomic E-state index is 12.6. The van der Waals surface area contributed by atoms with Crippen LogP contribution in [0.25, 0.3) is 0 Å². The number of hydrogen-bond acceptors (Lipinski definition) is 3. The first-order valence-corrected chi connectivity index (χ1v) is 9.93. The van der Waals surface area contributed by atoms with Crippen LogP contribution < -0.4 is 10.1 Å². The van der Waals surface area contributed by atoms with E-state index in [4.69, 9.17) is 4.74 Å². The number of para-hydroxylation sites is 1. The van der Waals surface area contributed by atoms with Gasteiger partial charge >= 0.3 is 0 Å². The van der Waals surface area contributed by atoms with Crippen molar-refractivity contribution in [3.05, 3.63) is 65.2 Å². The summed E-state index contributed by atoms with van der Waals surface area (Å²) in [5, 5.41) is 3.03. The highest BCUT2D eigenvalue weighted by Crippen LogP contribution is 2.18. The summed E-state index contributed by atoms with van der Waals surface area (Å²) in [6.45, 7) is 5.36. The Morgan fingerprint density at radius 2 is 1.86 bits per heavy atom. The summed E-state index contributed by atoms with van der Waals surface area (Å²) in [5.74, 6) is 0.709. The van der Waals surface area contributed by atoms with Crippen LogP contribution in [0.4, 0.5) is 0 Å². The fraction of sp³-hybridized carbons (Fsp3) is 0.391. The Labute approximate surface area is 166 Å². The molecule has 2 amide bonds. The molecule has 5 heteroatoms. The maximum absolute atomic E-state index is 12.6. The molecule has 1 fully saturated rings. The van der Waals surface area contributed by atoms with Gasteiger partial charge in [-0.25, -0.2) is 0 Å². The number of carbonyl (C=O) groups excluding carboxylic acids is 2. The molecule has 2 aromatic carbocycles. The van der Waals surface area contributed by atoms with Gasteiger partial charge in [-0.2, -0.15) is 0 Å². The largest absolute Gasteiger partial charge is 0.483 e. The Kier molecular flexibility index (Phi) is 6.69. The Hall–Kier alpha value is -2.82. The van der Waals surface area contributed by atoms with Gasteiger partial charge in [0, 0.05) is 24.7 Å². The summed E-state index contributed by atoms with van der Waals surface area (Å²) >= 11 is 0. The number of benzene rings is 2. The molecule has 5 nitrogen and oxygen atoms in total. The zero-order chi connectivity index (χ0) is 19.9. The van der Waals surface area contributed by atoms with Crippen LogP contribution in [-0.4, -0.2) is 42.5 Å². The van der Waals surface area contributed by atoms with Crippen LogP contribution in [0.15, 0.2) is 48.5 Å². The number of amides is 2. The van der Waals surface area contributed by atoms with Gasteiger partial charge in [0.25, 0.3) is 11.8 Å². The molecule has 1 saturated heterocycles. The van der Waals surface area contributed by atoms with Gasteiger partial charge in [-0.3, -0.25) is 9.59 Å². The van der Waals surface area contributed by atoms with E-state index in [0.29, 0.717) is 13.1 Å². The predicted octanol–water partition coefficient (Wildman–Crippen LogP) is 3.36. The van der Waals surface area contributed by atoms with Crippen LogP contribution in [0.2, 0.25) is 0 Å². The minimum absolute atomic E-state index is 0.0133. The predicted molar refractivity (Wildman–Crippen MR) is 110 cm³/mol. The number of piperidine rings is 1. The molecule has 3 rings (SSSR count). The molecule has 0 radical (unpaired) electrons. The molecular formula is C23H28N2O3. The summed E-state index contributed by atoms with van der Waals surface area (Å²) in [7, 11) is 0. The van der Waals surface area contributed by atoms with E-state index < -0.39 is 0 Å². The van der Waals surface area contributed by atoms with Gasteiger partial charge in [0.2, 0.25) is 0 Å². The second kappa shape index (κ2) is 9.40. The number of nitrogens with one attached hydrogen (secondary N) is 1. The van der Waals surface area contributed by atoms with E-state index in [1.807, 2.05) is 60.4 Å². The first-order valence-electron chi connectivity index (χ1n) is 9.93. The number of hydrogen-bond donors (Lipinski definition) is 1. The first kappa shape index (κ1) is 19.9. The SMILES string of the molecule is CCc1ccccc1OCC(=O)NC1CCN(C(=O)c2cccc(C)c2)CC1. The van der Waals surface area contributed by atoms with Crippen molar-refractivity contribution in [3.8, 4) is 5.75 Å². The summed E-state index contributed by atoms with van der Waals surface area (Å²) in [5.41, 5.74) is 2.90. The van der Waals surface area contributed by atoms with E-state index in [-0.39, 0.29) is 24.5 Å². The second-order valence-electron chi connectivity index (χ2n) is 7.25. The molecule has 0 aromatic heterocycles. The normalized spacial score (nSPS) is 14.6. The molecule has 1 N–H and O–H groups in total. The molecule has 1 heterocycles. The molecule has 2 aromatic rings. The molecule has 28 heavy (non-hydrogen) atoms. The Morgan fingerprint density at radius 3 is 2.57 bits per heavy atom. The average molecular weight is 380 g/mol. The molecular weight excluding hydrogens is 352 g/mol. The van der Waals surface area contributed by atoms with Crippen molar-refractivity contribution in [1.82, 2.24) is 10.2 Å². The van der Waals surface area contributed by atoms with Gasteiger partial charge in [-0.1, -0.05) is 42.8 Å². The third-order valence-electron chi connectivity index (χ3n) is 5.12. The lowest BCUT2D eigenvalue weighted by Gasteiger charge is -2.32. The first-order chi connectivity index (χ1) is 13.6. The van der Waals surface area contributed by atoms with Crippen molar-refractivity contribution in [2.24, 2.45) is 0 Å². The van der Waals surface area contributed by atoms with E-state index in [9.17, 15) is 9.59 Å². The maximum Gasteiger partial charge on any atom is 0.258 e. The second-order valence-corrected chi connectivity index (χ2v) is 7.25. The van der Waals surface area contributed by atoms with Gasteiger partial charge in [-0.15, -0.1) is 0 Å². The fourth-order valence-corrected chi connectivity index (χ4v) is 3.54. The smallest absolute Gasteiger partial charge is 0.258 e. The zero-order valence-corrected chi connectivity index (χ0v) is 16.6. The van der Waals surface area contributed by atoms with Gasteiger partial charge in [0.05, 0.1) is 0 Å². The Morgan fingerprint density at radius 1 is 1.11 bits per heavy atom. The molecule has 0 unspecified atom stereocenters. The van der Waals surface area contributed by atoms with Crippen molar-refractivity contribution in [1.29, 1.82) is 0 Å². The molecule has 0 saturated carbocycles. The lowest BCUT2D eigenvalue weighted by Crippen LogP contribution is -2.47. The van der Waals surface area contributed by atoms with Crippen molar-refractivity contribution >= 4 is 11.8 Å². The Balaban J connectivity index is 1.45. The summed E-state index contributed by atoms with van der Waals surface area (Å²) in [4.78, 5) is 26.7. The van der Waals surface area contributed by atoms with E-state index in [0.717, 1.165) is 41.7 Å². The summed E-state index contributed by atoms with van der Waals surface area (Å²) in [6.07, 6.45) is 2.38. The number of nitrogens with zero attached hydrogens (tertiary/aromatic N) is 1. The van der Waals surface area contributed by atoms with Crippen LogP contribution >= 0.6 is 0 Å². The average Bonchev–Trinajstić information content (AvgIpc) is 2.72. The number of rotatable bonds is 6. The highest BCUT2D eigenvalue weighted by molar-refractivity contribution is 5.94. The third kappa shape index (κ3) is 5.12. The monoisotopic (exact) mass is 380 g/mol. The molecule has 0 spiro atoms. The Bertz CT molecular complexity index is 826. The van der Waals surface area contributed by atoms with Gasteiger partial charge in [-0.05, 0) is 49.9 Å². The highest BCUT2D eigenvalue weighted by Gasteiger charge is 2.24. The van der Waals surface area contributed by atoms with Crippen molar-refractivity contribution in [2.75, 3.05) is 19.7 Å². The van der Waals surface area contributed by atoms with Crippen LogP contribution in [0, 0.1) is 6.92 Å². The lowest BCUT2D eigenvalue weighted by molar-refractivity contribution is -0.124. The number of aryl methyl sites for hydroxylation is 2. The van der Waals surface area contributed by atoms with Crippen LogP contribution in [0.5, 0.6) is 5.75 Å². The van der Waals surface area contributed by atoms with E-state index in [2.05, 4.69) is 12.2 Å². The summed E-state index contributed by atoms with van der Waals surface area (Å²) in [6, 6.07) is 15.5. The lowest BCUT2D eigenvalue weighted by atomic mass is 10.0. The molecule has 148 valence electrons. The van der Waals surface area contributed by atoms with Crippen molar-refractivity contribution in [2.45, 2.75) is 39.2 Å². The van der Waals surface area contributed by atoms with E-state index in [1.54, 1.807) is 0 Å². The van der Waals surface area contributed by atoms with E-state index >= 15 is 0 Å². The molecule has 0 atom stereocenters. The quantitative estimate of drug-likeness (QED) is 0.836. The highest BCUT2D eigenvalue weighted by atomic mass is 16.5.